The minimum atomic E-state index is -0.105. The van der Waals surface area contributed by atoms with Crippen LogP contribution in [0.2, 0.25) is 0 Å². The van der Waals surface area contributed by atoms with Gasteiger partial charge in [0, 0.05) is 37.2 Å². The lowest BCUT2D eigenvalue weighted by atomic mass is 10.1. The van der Waals surface area contributed by atoms with Gasteiger partial charge in [-0.3, -0.25) is 9.59 Å². The first-order chi connectivity index (χ1) is 8.60. The van der Waals surface area contributed by atoms with Gasteiger partial charge in [-0.05, 0) is 24.3 Å². The largest absolute Gasteiger partial charge is 0.326 e. The van der Waals surface area contributed by atoms with E-state index in [1.54, 1.807) is 17.0 Å². The van der Waals surface area contributed by atoms with E-state index in [1.807, 2.05) is 18.2 Å². The first kappa shape index (κ1) is 12.4. The van der Waals surface area contributed by atoms with Crippen LogP contribution >= 0.6 is 0 Å². The topological polar surface area (TPSA) is 49.4 Å². The quantitative estimate of drug-likeness (QED) is 0.828. The second kappa shape index (κ2) is 5.04. The van der Waals surface area contributed by atoms with Crippen LogP contribution in [0, 0.1) is 5.92 Å². The van der Waals surface area contributed by atoms with Gasteiger partial charge in [-0.2, -0.15) is 0 Å². The number of hydrogen-bond donors (Lipinski definition) is 1. The molecule has 1 aromatic carbocycles. The molecular formula is C14H16N2O2. The Labute approximate surface area is 106 Å². The predicted octanol–water partition coefficient (Wildman–Crippen LogP) is 2.18. The maximum atomic E-state index is 11.8. The van der Waals surface area contributed by atoms with Crippen molar-refractivity contribution in [1.82, 2.24) is 0 Å². The van der Waals surface area contributed by atoms with Gasteiger partial charge < -0.3 is 10.2 Å². The third-order valence-corrected chi connectivity index (χ3v) is 2.99. The zero-order valence-electron chi connectivity index (χ0n) is 10.3. The van der Waals surface area contributed by atoms with Crippen LogP contribution in [0.5, 0.6) is 0 Å². The lowest BCUT2D eigenvalue weighted by Gasteiger charge is -2.16. The Kier molecular flexibility index (Phi) is 3.46. The predicted molar refractivity (Wildman–Crippen MR) is 71.4 cm³/mol. The molecule has 4 heteroatoms. The first-order valence-electron chi connectivity index (χ1n) is 5.90. The summed E-state index contributed by atoms with van der Waals surface area (Å²) in [7, 11) is 0. The monoisotopic (exact) mass is 244 g/mol. The van der Waals surface area contributed by atoms with Crippen molar-refractivity contribution in [3.05, 3.63) is 36.9 Å². The van der Waals surface area contributed by atoms with Gasteiger partial charge in [-0.15, -0.1) is 6.58 Å². The summed E-state index contributed by atoms with van der Waals surface area (Å²) in [5, 5.41) is 2.70. The summed E-state index contributed by atoms with van der Waals surface area (Å²) in [4.78, 5) is 24.5. The molecule has 1 aromatic rings. The normalized spacial score (nSPS) is 18.8. The lowest BCUT2D eigenvalue weighted by Crippen LogP contribution is -2.24. The van der Waals surface area contributed by atoms with Crippen molar-refractivity contribution in [2.24, 2.45) is 5.92 Å². The van der Waals surface area contributed by atoms with Crippen LogP contribution in [0.1, 0.15) is 13.3 Å². The molecule has 0 bridgehead atoms. The minimum Gasteiger partial charge on any atom is -0.326 e. The molecule has 2 amide bonds. The SMILES string of the molecule is C=CC1CC(=O)N(c2ccc(NC(C)=O)cc2)C1. The second-order valence-corrected chi connectivity index (χ2v) is 4.43. The molecule has 1 fully saturated rings. The summed E-state index contributed by atoms with van der Waals surface area (Å²) < 4.78 is 0. The number of nitrogens with zero attached hydrogens (tertiary/aromatic N) is 1. The number of carbonyl (C=O) groups is 2. The fraction of sp³-hybridized carbons (Fsp3) is 0.286. The molecule has 4 nitrogen and oxygen atoms in total. The van der Waals surface area contributed by atoms with Gasteiger partial charge in [0.1, 0.15) is 0 Å². The molecule has 1 aliphatic rings. The van der Waals surface area contributed by atoms with Crippen LogP contribution in [0.25, 0.3) is 0 Å². The lowest BCUT2D eigenvalue weighted by molar-refractivity contribution is -0.117. The molecule has 1 saturated heterocycles. The number of rotatable bonds is 3. The van der Waals surface area contributed by atoms with E-state index in [2.05, 4.69) is 11.9 Å². The van der Waals surface area contributed by atoms with Crippen molar-refractivity contribution in [2.45, 2.75) is 13.3 Å². The molecule has 0 saturated carbocycles. The van der Waals surface area contributed by atoms with Crippen LogP contribution in [-0.4, -0.2) is 18.4 Å². The molecule has 2 rings (SSSR count). The van der Waals surface area contributed by atoms with Crippen LogP contribution in [0.4, 0.5) is 11.4 Å². The number of carbonyl (C=O) groups excluding carboxylic acids is 2. The van der Waals surface area contributed by atoms with Gasteiger partial charge >= 0.3 is 0 Å². The van der Waals surface area contributed by atoms with Gasteiger partial charge in [-0.1, -0.05) is 6.08 Å². The highest BCUT2D eigenvalue weighted by molar-refractivity contribution is 5.96. The molecule has 1 heterocycles. The molecule has 1 N–H and O–H groups in total. The number of anilines is 2. The average Bonchev–Trinajstić information content (AvgIpc) is 2.71. The molecule has 94 valence electrons. The zero-order chi connectivity index (χ0) is 13.1. The molecule has 1 aliphatic heterocycles. The summed E-state index contributed by atoms with van der Waals surface area (Å²) in [6.07, 6.45) is 2.35. The van der Waals surface area contributed by atoms with E-state index in [0.29, 0.717) is 13.0 Å². The number of benzene rings is 1. The van der Waals surface area contributed by atoms with Crippen LogP contribution in [0.3, 0.4) is 0 Å². The summed E-state index contributed by atoms with van der Waals surface area (Å²) in [5.74, 6) is 0.242. The van der Waals surface area contributed by atoms with E-state index in [0.717, 1.165) is 11.4 Å². The van der Waals surface area contributed by atoms with Crippen molar-refractivity contribution in [1.29, 1.82) is 0 Å². The van der Waals surface area contributed by atoms with Gasteiger partial charge in [0.15, 0.2) is 0 Å². The maximum Gasteiger partial charge on any atom is 0.227 e. The standard InChI is InChI=1S/C14H16N2O2/c1-3-11-8-14(18)16(9-11)13-6-4-12(5-7-13)15-10(2)17/h3-7,11H,1,8-9H2,2H3,(H,15,17). The van der Waals surface area contributed by atoms with Crippen molar-refractivity contribution in [3.8, 4) is 0 Å². The van der Waals surface area contributed by atoms with Gasteiger partial charge in [0.2, 0.25) is 11.8 Å². The second-order valence-electron chi connectivity index (χ2n) is 4.43. The van der Waals surface area contributed by atoms with E-state index in [9.17, 15) is 9.59 Å². The Bertz CT molecular complexity index is 479. The Morgan fingerprint density at radius 1 is 1.44 bits per heavy atom. The van der Waals surface area contributed by atoms with Crippen molar-refractivity contribution in [3.63, 3.8) is 0 Å². The Hall–Kier alpha value is -2.10. The fourth-order valence-corrected chi connectivity index (χ4v) is 2.07. The molecule has 0 aliphatic carbocycles. The number of hydrogen-bond acceptors (Lipinski definition) is 2. The van der Waals surface area contributed by atoms with Crippen molar-refractivity contribution in [2.75, 3.05) is 16.8 Å². The van der Waals surface area contributed by atoms with Gasteiger partial charge in [0.05, 0.1) is 0 Å². The number of nitrogens with one attached hydrogen (secondary N) is 1. The average molecular weight is 244 g/mol. The van der Waals surface area contributed by atoms with Crippen molar-refractivity contribution >= 4 is 23.2 Å². The van der Waals surface area contributed by atoms with Crippen LogP contribution < -0.4 is 10.2 Å². The molecule has 1 unspecified atom stereocenters. The maximum absolute atomic E-state index is 11.8. The molecule has 1 atom stereocenters. The van der Waals surface area contributed by atoms with E-state index in [4.69, 9.17) is 0 Å². The third-order valence-electron chi connectivity index (χ3n) is 2.99. The highest BCUT2D eigenvalue weighted by atomic mass is 16.2. The summed E-state index contributed by atoms with van der Waals surface area (Å²) >= 11 is 0. The van der Waals surface area contributed by atoms with Gasteiger partial charge in [-0.25, -0.2) is 0 Å². The van der Waals surface area contributed by atoms with Crippen molar-refractivity contribution < 1.29 is 9.59 Å². The molecule has 0 radical (unpaired) electrons. The summed E-state index contributed by atoms with van der Waals surface area (Å²) in [6, 6.07) is 7.28. The van der Waals surface area contributed by atoms with E-state index in [1.165, 1.54) is 6.92 Å². The molecule has 18 heavy (non-hydrogen) atoms. The molecular weight excluding hydrogens is 228 g/mol. The first-order valence-corrected chi connectivity index (χ1v) is 5.90. The Morgan fingerprint density at radius 3 is 2.61 bits per heavy atom. The molecule has 0 aromatic heterocycles. The Balaban J connectivity index is 2.12. The van der Waals surface area contributed by atoms with E-state index < -0.39 is 0 Å². The summed E-state index contributed by atoms with van der Waals surface area (Å²) in [6.45, 7) is 5.87. The molecule has 0 spiro atoms. The van der Waals surface area contributed by atoms with Crippen LogP contribution in [-0.2, 0) is 9.59 Å². The van der Waals surface area contributed by atoms with E-state index >= 15 is 0 Å². The summed E-state index contributed by atoms with van der Waals surface area (Å²) in [5.41, 5.74) is 1.59. The van der Waals surface area contributed by atoms with Gasteiger partial charge in [0.25, 0.3) is 0 Å². The smallest absolute Gasteiger partial charge is 0.227 e. The minimum absolute atomic E-state index is 0.105. The highest BCUT2D eigenvalue weighted by Crippen LogP contribution is 2.26. The fourth-order valence-electron chi connectivity index (χ4n) is 2.07. The van der Waals surface area contributed by atoms with Crippen LogP contribution in [0.15, 0.2) is 36.9 Å². The third kappa shape index (κ3) is 2.59. The zero-order valence-corrected chi connectivity index (χ0v) is 10.3. The Morgan fingerprint density at radius 2 is 2.11 bits per heavy atom. The number of amides is 2. The van der Waals surface area contributed by atoms with E-state index in [-0.39, 0.29) is 17.7 Å². The highest BCUT2D eigenvalue weighted by Gasteiger charge is 2.28.